The largest absolute Gasteiger partial charge is 0.326 e. The molecule has 0 unspecified atom stereocenters. The van der Waals surface area contributed by atoms with Crippen LogP contribution in [-0.4, -0.2) is 8.42 Å². The first-order chi connectivity index (χ1) is 9.83. The molecular formula is C14H12Cl2FNO2S. The van der Waals surface area contributed by atoms with Gasteiger partial charge < -0.3 is 5.73 Å². The Kier molecular flexibility index (Phi) is 4.88. The maximum atomic E-state index is 13.9. The van der Waals surface area contributed by atoms with Crippen LogP contribution in [0.3, 0.4) is 0 Å². The summed E-state index contributed by atoms with van der Waals surface area (Å²) in [4.78, 5) is -0.112. The molecule has 0 aromatic heterocycles. The fraction of sp³-hybridized carbons (Fsp3) is 0.143. The van der Waals surface area contributed by atoms with Crippen LogP contribution >= 0.6 is 23.2 Å². The number of sulfone groups is 1. The molecule has 0 fully saturated rings. The molecule has 2 aromatic carbocycles. The zero-order valence-electron chi connectivity index (χ0n) is 10.8. The smallest absolute Gasteiger partial charge is 0.184 e. The predicted molar refractivity (Wildman–Crippen MR) is 81.6 cm³/mol. The quantitative estimate of drug-likeness (QED) is 0.919. The molecule has 21 heavy (non-hydrogen) atoms. The molecule has 0 amide bonds. The van der Waals surface area contributed by atoms with Gasteiger partial charge in [-0.1, -0.05) is 35.3 Å². The number of rotatable bonds is 4. The highest BCUT2D eigenvalue weighted by molar-refractivity contribution is 7.90. The molecule has 0 radical (unpaired) electrons. The Hall–Kier alpha value is -1.14. The summed E-state index contributed by atoms with van der Waals surface area (Å²) in [7, 11) is -3.80. The summed E-state index contributed by atoms with van der Waals surface area (Å²) >= 11 is 11.7. The minimum Gasteiger partial charge on any atom is -0.326 e. The van der Waals surface area contributed by atoms with Crippen molar-refractivity contribution in [3.8, 4) is 0 Å². The van der Waals surface area contributed by atoms with E-state index < -0.39 is 21.4 Å². The standard InChI is InChI=1S/C14H12Cl2FNO2S/c15-11-3-4-12(16)14(6-11)21(19,20)8-10-2-1-9(7-18)5-13(10)17/h1-6H,7-8,18H2. The van der Waals surface area contributed by atoms with Crippen LogP contribution in [0.1, 0.15) is 11.1 Å². The Morgan fingerprint density at radius 3 is 2.43 bits per heavy atom. The molecule has 0 spiro atoms. The van der Waals surface area contributed by atoms with Crippen LogP contribution in [0.2, 0.25) is 10.0 Å². The van der Waals surface area contributed by atoms with Crippen molar-refractivity contribution in [3.05, 3.63) is 63.4 Å². The molecule has 0 atom stereocenters. The number of nitrogens with two attached hydrogens (primary N) is 1. The van der Waals surface area contributed by atoms with Gasteiger partial charge in [0, 0.05) is 17.1 Å². The molecule has 2 rings (SSSR count). The van der Waals surface area contributed by atoms with E-state index in [-0.39, 0.29) is 27.0 Å². The van der Waals surface area contributed by atoms with Gasteiger partial charge in [0.15, 0.2) is 9.84 Å². The Labute approximate surface area is 132 Å². The van der Waals surface area contributed by atoms with E-state index in [1.807, 2.05) is 0 Å². The maximum Gasteiger partial charge on any atom is 0.184 e. The van der Waals surface area contributed by atoms with Crippen molar-refractivity contribution < 1.29 is 12.8 Å². The van der Waals surface area contributed by atoms with Gasteiger partial charge in [-0.25, -0.2) is 12.8 Å². The van der Waals surface area contributed by atoms with Crippen LogP contribution in [0.5, 0.6) is 0 Å². The van der Waals surface area contributed by atoms with E-state index >= 15 is 0 Å². The lowest BCUT2D eigenvalue weighted by atomic mass is 10.1. The summed E-state index contributed by atoms with van der Waals surface area (Å²) in [5, 5.41) is 0.301. The normalized spacial score (nSPS) is 11.6. The lowest BCUT2D eigenvalue weighted by Crippen LogP contribution is -2.08. The zero-order chi connectivity index (χ0) is 15.6. The van der Waals surface area contributed by atoms with Crippen molar-refractivity contribution in [2.24, 2.45) is 5.73 Å². The summed E-state index contributed by atoms with van der Waals surface area (Å²) < 4.78 is 38.6. The van der Waals surface area contributed by atoms with Gasteiger partial charge >= 0.3 is 0 Å². The van der Waals surface area contributed by atoms with E-state index in [4.69, 9.17) is 28.9 Å². The summed E-state index contributed by atoms with van der Waals surface area (Å²) in [6, 6.07) is 8.36. The van der Waals surface area contributed by atoms with Crippen molar-refractivity contribution >= 4 is 33.0 Å². The van der Waals surface area contributed by atoms with E-state index in [1.54, 1.807) is 6.07 Å². The molecule has 2 N–H and O–H groups in total. The molecule has 2 aromatic rings. The molecule has 3 nitrogen and oxygen atoms in total. The number of halogens is 3. The number of hydrogen-bond donors (Lipinski definition) is 1. The van der Waals surface area contributed by atoms with Gasteiger partial charge in [-0.15, -0.1) is 0 Å². The third-order valence-electron chi connectivity index (χ3n) is 2.93. The second kappa shape index (κ2) is 6.32. The third-order valence-corrected chi connectivity index (χ3v) is 5.30. The van der Waals surface area contributed by atoms with Crippen LogP contribution in [0.15, 0.2) is 41.3 Å². The second-order valence-corrected chi connectivity index (χ2v) is 7.27. The minimum absolute atomic E-state index is 0.0541. The fourth-order valence-corrected chi connectivity index (χ4v) is 4.01. The molecule has 112 valence electrons. The lowest BCUT2D eigenvalue weighted by Gasteiger charge is -2.09. The van der Waals surface area contributed by atoms with Gasteiger partial charge in [0.25, 0.3) is 0 Å². The number of benzene rings is 2. The van der Waals surface area contributed by atoms with Gasteiger partial charge in [-0.2, -0.15) is 0 Å². The van der Waals surface area contributed by atoms with Crippen molar-refractivity contribution in [1.82, 2.24) is 0 Å². The molecule has 0 bridgehead atoms. The predicted octanol–water partition coefficient (Wildman–Crippen LogP) is 3.57. The highest BCUT2D eigenvalue weighted by atomic mass is 35.5. The average molecular weight is 348 g/mol. The molecule has 0 heterocycles. The SMILES string of the molecule is NCc1ccc(CS(=O)(=O)c2cc(Cl)ccc2Cl)c(F)c1. The molecule has 0 aliphatic heterocycles. The average Bonchev–Trinajstić information content (AvgIpc) is 2.43. The van der Waals surface area contributed by atoms with E-state index in [0.29, 0.717) is 5.56 Å². The fourth-order valence-electron chi connectivity index (χ4n) is 1.83. The van der Waals surface area contributed by atoms with Crippen molar-refractivity contribution in [2.45, 2.75) is 17.2 Å². The summed E-state index contributed by atoms with van der Waals surface area (Å²) in [5.41, 5.74) is 6.06. The topological polar surface area (TPSA) is 60.2 Å². The Morgan fingerprint density at radius 1 is 1.10 bits per heavy atom. The zero-order valence-corrected chi connectivity index (χ0v) is 13.1. The minimum atomic E-state index is -3.80. The van der Waals surface area contributed by atoms with Crippen LogP contribution in [0.25, 0.3) is 0 Å². The molecule has 0 aliphatic carbocycles. The van der Waals surface area contributed by atoms with Gasteiger partial charge in [0.05, 0.1) is 15.7 Å². The van der Waals surface area contributed by atoms with E-state index in [9.17, 15) is 12.8 Å². The van der Waals surface area contributed by atoms with E-state index in [2.05, 4.69) is 0 Å². The summed E-state index contributed by atoms with van der Waals surface area (Å²) in [6.07, 6.45) is 0. The first-order valence-corrected chi connectivity index (χ1v) is 8.39. The number of hydrogen-bond acceptors (Lipinski definition) is 3. The van der Waals surface area contributed by atoms with E-state index in [1.165, 1.54) is 30.3 Å². The van der Waals surface area contributed by atoms with Gasteiger partial charge in [-0.3, -0.25) is 0 Å². The molecule has 7 heteroatoms. The Bertz CT molecular complexity index is 779. The van der Waals surface area contributed by atoms with Crippen LogP contribution in [0, 0.1) is 5.82 Å². The summed E-state index contributed by atoms with van der Waals surface area (Å²) in [6.45, 7) is 0.185. The lowest BCUT2D eigenvalue weighted by molar-refractivity contribution is 0.586. The second-order valence-electron chi connectivity index (χ2n) is 4.46. The maximum absolute atomic E-state index is 13.9. The highest BCUT2D eigenvalue weighted by Gasteiger charge is 2.21. The summed E-state index contributed by atoms with van der Waals surface area (Å²) in [5.74, 6) is -1.11. The van der Waals surface area contributed by atoms with Crippen LogP contribution in [-0.2, 0) is 22.1 Å². The van der Waals surface area contributed by atoms with Gasteiger partial charge in [0.2, 0.25) is 0 Å². The first kappa shape index (κ1) is 16.2. The Balaban J connectivity index is 2.40. The molecule has 0 aliphatic rings. The van der Waals surface area contributed by atoms with Crippen LogP contribution in [0.4, 0.5) is 4.39 Å². The van der Waals surface area contributed by atoms with Crippen molar-refractivity contribution in [1.29, 1.82) is 0 Å². The molecule has 0 saturated heterocycles. The Morgan fingerprint density at radius 2 is 1.81 bits per heavy atom. The first-order valence-electron chi connectivity index (χ1n) is 5.98. The molecule has 0 saturated carbocycles. The molecular weight excluding hydrogens is 336 g/mol. The third kappa shape index (κ3) is 3.74. The van der Waals surface area contributed by atoms with Crippen LogP contribution < -0.4 is 5.73 Å². The van der Waals surface area contributed by atoms with E-state index in [0.717, 1.165) is 0 Å². The van der Waals surface area contributed by atoms with Gasteiger partial charge in [-0.05, 0) is 29.8 Å². The monoisotopic (exact) mass is 347 g/mol. The van der Waals surface area contributed by atoms with Crippen molar-refractivity contribution in [2.75, 3.05) is 0 Å². The van der Waals surface area contributed by atoms with Crippen molar-refractivity contribution in [3.63, 3.8) is 0 Å². The highest BCUT2D eigenvalue weighted by Crippen LogP contribution is 2.28. The van der Waals surface area contributed by atoms with Gasteiger partial charge in [0.1, 0.15) is 5.82 Å².